The maximum absolute atomic E-state index is 5.37. The molecule has 0 saturated carbocycles. The van der Waals surface area contributed by atoms with Gasteiger partial charge in [0.25, 0.3) is 0 Å². The SMILES string of the molecule is CSc1ccccc1-n1c(-c2ccccn2)n[nH]c1=S. The third kappa shape index (κ3) is 2.28. The van der Waals surface area contributed by atoms with Crippen molar-refractivity contribution in [1.82, 2.24) is 19.7 Å². The van der Waals surface area contributed by atoms with E-state index in [0.29, 0.717) is 4.77 Å². The molecule has 0 radical (unpaired) electrons. The minimum atomic E-state index is 0.562. The highest BCUT2D eigenvalue weighted by Gasteiger charge is 2.13. The standard InChI is InChI=1S/C14H12N4S2/c1-20-12-8-3-2-7-11(12)18-13(16-17-14(18)19)10-6-4-5-9-15-10/h2-9H,1H3,(H,17,19). The van der Waals surface area contributed by atoms with Crippen LogP contribution in [-0.2, 0) is 0 Å². The van der Waals surface area contributed by atoms with Crippen LogP contribution in [0.2, 0.25) is 0 Å². The molecule has 100 valence electrons. The zero-order chi connectivity index (χ0) is 13.9. The molecule has 0 spiro atoms. The van der Waals surface area contributed by atoms with E-state index in [9.17, 15) is 0 Å². The molecule has 2 heterocycles. The largest absolute Gasteiger partial charge is 0.266 e. The van der Waals surface area contributed by atoms with Crippen LogP contribution >= 0.6 is 24.0 Å². The lowest BCUT2D eigenvalue weighted by Crippen LogP contribution is -2.00. The van der Waals surface area contributed by atoms with Gasteiger partial charge in [0.15, 0.2) is 10.6 Å². The van der Waals surface area contributed by atoms with Crippen molar-refractivity contribution >= 4 is 24.0 Å². The van der Waals surface area contributed by atoms with Crippen LogP contribution in [0.3, 0.4) is 0 Å². The third-order valence-corrected chi connectivity index (χ3v) is 3.95. The highest BCUT2D eigenvalue weighted by Crippen LogP contribution is 2.27. The van der Waals surface area contributed by atoms with Gasteiger partial charge in [0.1, 0.15) is 5.69 Å². The molecule has 1 N–H and O–H groups in total. The summed E-state index contributed by atoms with van der Waals surface area (Å²) in [6.07, 6.45) is 3.79. The third-order valence-electron chi connectivity index (χ3n) is 2.89. The summed E-state index contributed by atoms with van der Waals surface area (Å²) in [4.78, 5) is 5.49. The van der Waals surface area contributed by atoms with Gasteiger partial charge in [-0.1, -0.05) is 18.2 Å². The number of pyridine rings is 1. The van der Waals surface area contributed by atoms with Crippen LogP contribution in [0.25, 0.3) is 17.2 Å². The van der Waals surface area contributed by atoms with Gasteiger partial charge in [-0.2, -0.15) is 5.10 Å². The van der Waals surface area contributed by atoms with E-state index in [0.717, 1.165) is 22.1 Å². The summed E-state index contributed by atoms with van der Waals surface area (Å²) in [7, 11) is 0. The summed E-state index contributed by atoms with van der Waals surface area (Å²) in [5, 5.41) is 7.16. The molecule has 2 aromatic heterocycles. The highest BCUT2D eigenvalue weighted by atomic mass is 32.2. The van der Waals surface area contributed by atoms with Crippen molar-refractivity contribution in [2.75, 3.05) is 6.26 Å². The van der Waals surface area contributed by atoms with Gasteiger partial charge in [0, 0.05) is 11.1 Å². The van der Waals surface area contributed by atoms with Gasteiger partial charge >= 0.3 is 0 Å². The molecule has 0 saturated heterocycles. The Labute approximate surface area is 125 Å². The molecule has 6 heteroatoms. The Morgan fingerprint density at radius 3 is 2.70 bits per heavy atom. The number of thioether (sulfide) groups is 1. The van der Waals surface area contributed by atoms with Crippen LogP contribution in [-0.4, -0.2) is 26.0 Å². The van der Waals surface area contributed by atoms with E-state index in [1.165, 1.54) is 0 Å². The van der Waals surface area contributed by atoms with Crippen molar-refractivity contribution in [2.45, 2.75) is 4.90 Å². The van der Waals surface area contributed by atoms with Crippen LogP contribution in [0.4, 0.5) is 0 Å². The van der Waals surface area contributed by atoms with Crippen LogP contribution in [0.5, 0.6) is 0 Å². The molecular formula is C14H12N4S2. The number of nitrogens with zero attached hydrogens (tertiary/aromatic N) is 3. The van der Waals surface area contributed by atoms with E-state index in [1.54, 1.807) is 18.0 Å². The lowest BCUT2D eigenvalue weighted by atomic mass is 10.3. The van der Waals surface area contributed by atoms with Crippen molar-refractivity contribution in [3.05, 3.63) is 53.4 Å². The molecule has 0 fully saturated rings. The summed E-state index contributed by atoms with van der Waals surface area (Å²) in [6.45, 7) is 0. The van der Waals surface area contributed by atoms with Crippen molar-refractivity contribution in [3.63, 3.8) is 0 Å². The van der Waals surface area contributed by atoms with E-state index < -0.39 is 0 Å². The number of benzene rings is 1. The normalized spacial score (nSPS) is 10.7. The summed E-state index contributed by atoms with van der Waals surface area (Å²) >= 11 is 7.05. The first kappa shape index (κ1) is 13.1. The van der Waals surface area contributed by atoms with Crippen molar-refractivity contribution in [2.24, 2.45) is 0 Å². The quantitative estimate of drug-likeness (QED) is 0.591. The van der Waals surface area contributed by atoms with Gasteiger partial charge in [-0.3, -0.25) is 14.6 Å². The Bertz CT molecular complexity index is 777. The van der Waals surface area contributed by atoms with Gasteiger partial charge in [-0.15, -0.1) is 11.8 Å². The number of rotatable bonds is 3. The van der Waals surface area contributed by atoms with Crippen LogP contribution in [0.15, 0.2) is 53.6 Å². The van der Waals surface area contributed by atoms with E-state index in [2.05, 4.69) is 21.2 Å². The van der Waals surface area contributed by atoms with E-state index in [1.807, 2.05) is 47.2 Å². The second kappa shape index (κ2) is 5.60. The first-order valence-electron chi connectivity index (χ1n) is 6.03. The maximum atomic E-state index is 5.37. The highest BCUT2D eigenvalue weighted by molar-refractivity contribution is 7.98. The fourth-order valence-corrected chi connectivity index (χ4v) is 2.82. The number of hydrogen-bond acceptors (Lipinski definition) is 4. The molecule has 0 amide bonds. The number of aromatic amines is 1. The minimum Gasteiger partial charge on any atom is -0.266 e. The number of para-hydroxylation sites is 1. The number of hydrogen-bond donors (Lipinski definition) is 1. The van der Waals surface area contributed by atoms with Gasteiger partial charge in [0.05, 0.1) is 5.69 Å². The smallest absolute Gasteiger partial charge is 0.200 e. The topological polar surface area (TPSA) is 46.5 Å². The molecule has 0 atom stereocenters. The zero-order valence-corrected chi connectivity index (χ0v) is 12.4. The van der Waals surface area contributed by atoms with Crippen molar-refractivity contribution in [3.8, 4) is 17.2 Å². The van der Waals surface area contributed by atoms with Gasteiger partial charge in [0.2, 0.25) is 0 Å². The van der Waals surface area contributed by atoms with E-state index in [4.69, 9.17) is 12.2 Å². The summed E-state index contributed by atoms with van der Waals surface area (Å²) in [5.41, 5.74) is 1.80. The van der Waals surface area contributed by atoms with Gasteiger partial charge in [-0.05, 0) is 42.7 Å². The van der Waals surface area contributed by atoms with E-state index >= 15 is 0 Å². The molecule has 3 aromatic rings. The fourth-order valence-electron chi connectivity index (χ4n) is 2.00. The average Bonchev–Trinajstić information content (AvgIpc) is 2.89. The maximum Gasteiger partial charge on any atom is 0.200 e. The Morgan fingerprint density at radius 2 is 1.95 bits per heavy atom. The lowest BCUT2D eigenvalue weighted by Gasteiger charge is -2.10. The molecule has 0 unspecified atom stereocenters. The molecule has 3 rings (SSSR count). The Morgan fingerprint density at radius 1 is 1.15 bits per heavy atom. The summed E-state index contributed by atoms with van der Waals surface area (Å²) < 4.78 is 2.48. The monoisotopic (exact) mass is 300 g/mol. The fraction of sp³-hybridized carbons (Fsp3) is 0.0714. The number of aromatic nitrogens is 4. The second-order valence-electron chi connectivity index (χ2n) is 4.07. The molecule has 1 aromatic carbocycles. The first-order chi connectivity index (χ1) is 9.81. The van der Waals surface area contributed by atoms with Gasteiger partial charge < -0.3 is 0 Å². The molecular weight excluding hydrogens is 288 g/mol. The summed E-state index contributed by atoms with van der Waals surface area (Å²) in [5.74, 6) is 0.720. The summed E-state index contributed by atoms with van der Waals surface area (Å²) in [6, 6.07) is 13.8. The molecule has 20 heavy (non-hydrogen) atoms. The van der Waals surface area contributed by atoms with Crippen LogP contribution in [0, 0.1) is 4.77 Å². The Hall–Kier alpha value is -1.92. The average molecular weight is 300 g/mol. The Balaban J connectivity index is 2.25. The minimum absolute atomic E-state index is 0.562. The van der Waals surface area contributed by atoms with Crippen molar-refractivity contribution < 1.29 is 0 Å². The zero-order valence-electron chi connectivity index (χ0n) is 10.8. The molecule has 4 nitrogen and oxygen atoms in total. The van der Waals surface area contributed by atoms with E-state index in [-0.39, 0.29) is 0 Å². The molecule has 0 aliphatic carbocycles. The lowest BCUT2D eigenvalue weighted by molar-refractivity contribution is 1.00. The van der Waals surface area contributed by atoms with Crippen molar-refractivity contribution in [1.29, 1.82) is 0 Å². The first-order valence-corrected chi connectivity index (χ1v) is 7.67. The van der Waals surface area contributed by atoms with Gasteiger partial charge in [-0.25, -0.2) is 0 Å². The predicted molar refractivity (Wildman–Crippen MR) is 83.8 cm³/mol. The van der Waals surface area contributed by atoms with Crippen LogP contribution in [0.1, 0.15) is 0 Å². The Kier molecular flexibility index (Phi) is 3.66. The molecule has 0 aliphatic heterocycles. The molecule has 0 bridgehead atoms. The number of nitrogens with one attached hydrogen (secondary N) is 1. The second-order valence-corrected chi connectivity index (χ2v) is 5.31. The molecule has 0 aliphatic rings. The van der Waals surface area contributed by atoms with Crippen LogP contribution < -0.4 is 0 Å². The number of H-pyrrole nitrogens is 1. The predicted octanol–water partition coefficient (Wildman–Crippen LogP) is 3.71.